The molecule has 0 bridgehead atoms. The van der Waals surface area contributed by atoms with Crippen LogP contribution in [-0.4, -0.2) is 41.2 Å². The van der Waals surface area contributed by atoms with Gasteiger partial charge in [0.25, 0.3) is 5.97 Å². The maximum Gasteiger partial charge on any atom is 0.254 e. The molecule has 3 radical (unpaired) electrons. The molecule has 7 heteroatoms. The number of allylic oxidation sites excluding steroid dienone is 1. The molecule has 0 fully saturated rings. The van der Waals surface area contributed by atoms with Gasteiger partial charge in [-0.05, 0) is 78.2 Å². The van der Waals surface area contributed by atoms with Crippen molar-refractivity contribution < 1.29 is 13.3 Å². The Labute approximate surface area is 170 Å². The fraction of sp³-hybridized carbons (Fsp3) is 0.895. The molecule has 0 rings (SSSR count). The third kappa shape index (κ3) is 15.5. The summed E-state index contributed by atoms with van der Waals surface area (Å²) in [5.74, 6) is -0.835. The molecule has 0 unspecified atom stereocenters. The molecule has 0 heterocycles. The van der Waals surface area contributed by atoms with Gasteiger partial charge in [-0.15, -0.1) is 5.70 Å². The second kappa shape index (κ2) is 11.5. The van der Waals surface area contributed by atoms with Crippen LogP contribution in [-0.2, 0) is 13.3 Å². The SMILES string of the molecule is C[Si](C)(C)OC(CCCCCCCC=C[Si])(O[Si](C)(C)C)O[Si](C)(C)C. The van der Waals surface area contributed by atoms with Crippen LogP contribution in [0.5, 0.6) is 0 Å². The Balaban J connectivity index is 4.93. The van der Waals surface area contributed by atoms with E-state index in [2.05, 4.69) is 75.2 Å². The minimum absolute atomic E-state index is 0.835. The van der Waals surface area contributed by atoms with Gasteiger partial charge in [-0.1, -0.05) is 25.3 Å². The molecule has 0 saturated carbocycles. The highest BCUT2D eigenvalue weighted by Gasteiger charge is 2.44. The highest BCUT2D eigenvalue weighted by atomic mass is 28.4. The summed E-state index contributed by atoms with van der Waals surface area (Å²) >= 11 is 0. The van der Waals surface area contributed by atoms with Crippen molar-refractivity contribution in [3.8, 4) is 0 Å². The van der Waals surface area contributed by atoms with Gasteiger partial charge in [-0.25, -0.2) is 0 Å². The smallest absolute Gasteiger partial charge is 0.254 e. The number of hydrogen-bond acceptors (Lipinski definition) is 3. The summed E-state index contributed by atoms with van der Waals surface area (Å²) in [5, 5.41) is 0. The zero-order valence-corrected chi connectivity index (χ0v) is 22.8. The predicted molar refractivity (Wildman–Crippen MR) is 123 cm³/mol. The van der Waals surface area contributed by atoms with Crippen molar-refractivity contribution in [1.82, 2.24) is 0 Å². The van der Waals surface area contributed by atoms with E-state index in [1.165, 1.54) is 25.7 Å². The molecule has 0 aromatic carbocycles. The van der Waals surface area contributed by atoms with Crippen molar-refractivity contribution in [3.05, 3.63) is 11.8 Å². The van der Waals surface area contributed by atoms with Crippen molar-refractivity contribution >= 4 is 35.2 Å². The minimum atomic E-state index is -1.80. The average molecular weight is 432 g/mol. The maximum atomic E-state index is 6.59. The van der Waals surface area contributed by atoms with E-state index in [9.17, 15) is 0 Å². The Morgan fingerprint density at radius 1 is 0.654 bits per heavy atom. The van der Waals surface area contributed by atoms with Crippen LogP contribution in [0, 0.1) is 0 Å². The van der Waals surface area contributed by atoms with E-state index in [0.717, 1.165) is 19.3 Å². The number of rotatable bonds is 14. The van der Waals surface area contributed by atoms with Gasteiger partial charge in [-0.3, -0.25) is 0 Å². The lowest BCUT2D eigenvalue weighted by atomic mass is 10.1. The average Bonchev–Trinajstić information content (AvgIpc) is 2.35. The molecule has 153 valence electrons. The van der Waals surface area contributed by atoms with E-state index in [0.29, 0.717) is 0 Å². The van der Waals surface area contributed by atoms with Gasteiger partial charge < -0.3 is 13.3 Å². The standard InChI is InChI=1S/C19H43O3Si4/c1-24(2,3)20-19(21-25(4,5)6,22-26(7,8)9)17-15-13-11-10-12-14-16-18-23/h16,18H,10-15,17H2,1-9H3. The summed E-state index contributed by atoms with van der Waals surface area (Å²) in [6.07, 6.45) is 10.3. The molecule has 0 aliphatic carbocycles. The first-order valence-electron chi connectivity index (χ1n) is 10.1. The fourth-order valence-electron chi connectivity index (χ4n) is 2.83. The van der Waals surface area contributed by atoms with Crippen LogP contribution in [0.1, 0.15) is 44.9 Å². The van der Waals surface area contributed by atoms with Gasteiger partial charge in [0, 0.05) is 6.42 Å². The largest absolute Gasteiger partial charge is 0.371 e. The first kappa shape index (κ1) is 26.5. The Hall–Kier alpha value is 0.488. The van der Waals surface area contributed by atoms with Gasteiger partial charge in [0.1, 0.15) is 0 Å². The van der Waals surface area contributed by atoms with Crippen LogP contribution in [0.3, 0.4) is 0 Å². The molecule has 0 N–H and O–H groups in total. The topological polar surface area (TPSA) is 27.7 Å². The molecular weight excluding hydrogens is 389 g/mol. The Bertz CT molecular complexity index is 366. The Kier molecular flexibility index (Phi) is 11.7. The third-order valence-electron chi connectivity index (χ3n) is 3.36. The monoisotopic (exact) mass is 431 g/mol. The molecule has 26 heavy (non-hydrogen) atoms. The summed E-state index contributed by atoms with van der Waals surface area (Å²) in [5.41, 5.74) is 1.95. The molecule has 0 aliphatic heterocycles. The van der Waals surface area contributed by atoms with Gasteiger partial charge in [-0.2, -0.15) is 0 Å². The first-order valence-corrected chi connectivity index (χ1v) is 20.9. The molecule has 0 saturated heterocycles. The summed E-state index contributed by atoms with van der Waals surface area (Å²) < 4.78 is 19.8. The van der Waals surface area contributed by atoms with Gasteiger partial charge in [0.2, 0.25) is 0 Å². The molecule has 0 aromatic rings. The second-order valence-corrected chi connectivity index (χ2v) is 23.7. The van der Waals surface area contributed by atoms with Crippen molar-refractivity contribution in [3.63, 3.8) is 0 Å². The summed E-state index contributed by atoms with van der Waals surface area (Å²) in [7, 11) is -2.03. The minimum Gasteiger partial charge on any atom is -0.371 e. The summed E-state index contributed by atoms with van der Waals surface area (Å²) in [4.78, 5) is 0. The highest BCUT2D eigenvalue weighted by molar-refractivity contribution is 6.72. The quantitative estimate of drug-likeness (QED) is 0.176. The van der Waals surface area contributed by atoms with Crippen molar-refractivity contribution in [2.24, 2.45) is 0 Å². The van der Waals surface area contributed by atoms with E-state index in [4.69, 9.17) is 13.3 Å². The van der Waals surface area contributed by atoms with Crippen LogP contribution in [0.15, 0.2) is 11.8 Å². The zero-order valence-electron chi connectivity index (χ0n) is 18.8. The fourth-order valence-corrected chi connectivity index (χ4v) is 6.60. The molecule has 0 spiro atoms. The first-order chi connectivity index (χ1) is 11.7. The molecule has 3 nitrogen and oxygen atoms in total. The molecule has 0 amide bonds. The van der Waals surface area contributed by atoms with Crippen molar-refractivity contribution in [1.29, 1.82) is 0 Å². The second-order valence-electron chi connectivity index (χ2n) is 10.0. The van der Waals surface area contributed by atoms with E-state index in [1.807, 2.05) is 5.70 Å². The third-order valence-corrected chi connectivity index (χ3v) is 6.36. The van der Waals surface area contributed by atoms with E-state index < -0.39 is 30.9 Å². The van der Waals surface area contributed by atoms with Crippen LogP contribution >= 0.6 is 0 Å². The normalized spacial score (nSPS) is 14.4. The number of hydrogen-bond donors (Lipinski definition) is 0. The lowest BCUT2D eigenvalue weighted by Gasteiger charge is -2.45. The van der Waals surface area contributed by atoms with E-state index >= 15 is 0 Å². The van der Waals surface area contributed by atoms with Gasteiger partial charge in [0.15, 0.2) is 25.0 Å². The lowest BCUT2D eigenvalue weighted by Crippen LogP contribution is -2.55. The zero-order chi connectivity index (χ0) is 20.5. The summed E-state index contributed by atoms with van der Waals surface area (Å²) in [6.45, 7) is 20.0. The van der Waals surface area contributed by atoms with E-state index in [1.54, 1.807) is 0 Å². The van der Waals surface area contributed by atoms with Crippen LogP contribution in [0.4, 0.5) is 0 Å². The van der Waals surface area contributed by atoms with Gasteiger partial charge in [0.05, 0.1) is 10.2 Å². The van der Waals surface area contributed by atoms with Crippen LogP contribution < -0.4 is 0 Å². The lowest BCUT2D eigenvalue weighted by molar-refractivity contribution is -0.274. The molecular formula is C19H43O3Si4. The Morgan fingerprint density at radius 3 is 1.42 bits per heavy atom. The van der Waals surface area contributed by atoms with Crippen molar-refractivity contribution in [2.45, 2.75) is 110 Å². The highest BCUT2D eigenvalue weighted by Crippen LogP contribution is 2.33. The molecule has 0 atom stereocenters. The maximum absolute atomic E-state index is 6.59. The van der Waals surface area contributed by atoms with E-state index in [-0.39, 0.29) is 0 Å². The van der Waals surface area contributed by atoms with Crippen molar-refractivity contribution in [2.75, 3.05) is 0 Å². The Morgan fingerprint density at radius 2 is 1.04 bits per heavy atom. The van der Waals surface area contributed by atoms with Crippen LogP contribution in [0.2, 0.25) is 58.9 Å². The molecule has 0 aromatic heterocycles. The molecule has 0 aliphatic rings. The predicted octanol–water partition coefficient (Wildman–Crippen LogP) is 6.61. The van der Waals surface area contributed by atoms with Gasteiger partial charge >= 0.3 is 0 Å². The van der Waals surface area contributed by atoms with Crippen LogP contribution in [0.25, 0.3) is 0 Å². The number of unbranched alkanes of at least 4 members (excludes halogenated alkanes) is 5. The summed E-state index contributed by atoms with van der Waals surface area (Å²) in [6, 6.07) is 0.